The zero-order chi connectivity index (χ0) is 24.9. The summed E-state index contributed by atoms with van der Waals surface area (Å²) in [5.74, 6) is 1.76. The van der Waals surface area contributed by atoms with E-state index in [1.165, 1.54) is 0 Å². The molecule has 178 valence electrons. The largest absolute Gasteiger partial charge is 0.493 e. The summed E-state index contributed by atoms with van der Waals surface area (Å²) >= 11 is 17.7. The first-order valence-corrected chi connectivity index (χ1v) is 11.4. The minimum atomic E-state index is -0.430. The molecular formula is C25H19Cl2N3O4S. The Bertz CT molecular complexity index is 1430. The van der Waals surface area contributed by atoms with Crippen molar-refractivity contribution in [1.29, 1.82) is 0 Å². The molecular weight excluding hydrogens is 509 g/mol. The van der Waals surface area contributed by atoms with Crippen molar-refractivity contribution < 1.29 is 19.0 Å². The summed E-state index contributed by atoms with van der Waals surface area (Å²) in [6, 6.07) is 17.1. The second-order valence-electron chi connectivity index (χ2n) is 7.17. The van der Waals surface area contributed by atoms with Crippen LogP contribution in [-0.2, 0) is 0 Å². The number of halogens is 2. The second-order valence-corrected chi connectivity index (χ2v) is 8.39. The number of anilines is 1. The van der Waals surface area contributed by atoms with Crippen LogP contribution in [0.15, 0.2) is 66.9 Å². The molecule has 0 aliphatic carbocycles. The Morgan fingerprint density at radius 3 is 2.37 bits per heavy atom. The molecule has 0 spiro atoms. The average Bonchev–Trinajstić information content (AvgIpc) is 2.85. The fourth-order valence-electron chi connectivity index (χ4n) is 3.29. The van der Waals surface area contributed by atoms with Gasteiger partial charge in [-0.3, -0.25) is 15.1 Å². The zero-order valence-electron chi connectivity index (χ0n) is 18.6. The first-order chi connectivity index (χ1) is 16.9. The summed E-state index contributed by atoms with van der Waals surface area (Å²) in [6.07, 6.45) is 1.64. The lowest BCUT2D eigenvalue weighted by Gasteiger charge is -2.14. The van der Waals surface area contributed by atoms with Crippen LogP contribution >= 0.6 is 35.4 Å². The number of thiocarbonyl (C=S) groups is 1. The van der Waals surface area contributed by atoms with Gasteiger partial charge in [0.1, 0.15) is 11.5 Å². The molecule has 0 saturated carbocycles. The number of aromatic nitrogens is 1. The Labute approximate surface area is 216 Å². The number of hydrogen-bond acceptors (Lipinski definition) is 6. The molecule has 4 rings (SSSR count). The fourth-order valence-corrected chi connectivity index (χ4v) is 3.94. The van der Waals surface area contributed by atoms with Crippen LogP contribution in [0.3, 0.4) is 0 Å². The van der Waals surface area contributed by atoms with Gasteiger partial charge in [0, 0.05) is 23.7 Å². The summed E-state index contributed by atoms with van der Waals surface area (Å²) in [4.78, 5) is 16.8. The van der Waals surface area contributed by atoms with Crippen molar-refractivity contribution in [3.8, 4) is 23.0 Å². The van der Waals surface area contributed by atoms with Crippen molar-refractivity contribution in [3.63, 3.8) is 0 Å². The molecule has 0 aliphatic heterocycles. The lowest BCUT2D eigenvalue weighted by Crippen LogP contribution is -2.34. The SMILES string of the molecule is COc1cc2nccc(Oc3ccc(NC(=S)NC(=O)c4ccccc4Cl)c(Cl)c3)c2cc1OC. The Morgan fingerprint density at radius 2 is 1.66 bits per heavy atom. The Hall–Kier alpha value is -3.59. The van der Waals surface area contributed by atoms with Gasteiger partial charge in [-0.1, -0.05) is 35.3 Å². The maximum Gasteiger partial charge on any atom is 0.258 e. The highest BCUT2D eigenvalue weighted by Gasteiger charge is 2.14. The molecule has 0 radical (unpaired) electrons. The zero-order valence-corrected chi connectivity index (χ0v) is 20.9. The number of carbonyl (C=O) groups excluding carboxylic acids is 1. The van der Waals surface area contributed by atoms with Gasteiger partial charge in [-0.05, 0) is 48.6 Å². The number of pyridine rings is 1. The van der Waals surface area contributed by atoms with E-state index in [1.807, 2.05) is 0 Å². The van der Waals surface area contributed by atoms with E-state index in [2.05, 4.69) is 15.6 Å². The maximum absolute atomic E-state index is 12.4. The average molecular weight is 528 g/mol. The first kappa shape index (κ1) is 24.5. The molecule has 0 bridgehead atoms. The summed E-state index contributed by atoms with van der Waals surface area (Å²) in [7, 11) is 3.13. The predicted molar refractivity (Wildman–Crippen MR) is 142 cm³/mol. The normalized spacial score (nSPS) is 10.5. The maximum atomic E-state index is 12.4. The molecule has 7 nitrogen and oxygen atoms in total. The molecule has 0 fully saturated rings. The van der Waals surface area contributed by atoms with Crippen molar-refractivity contribution in [2.75, 3.05) is 19.5 Å². The number of nitrogens with zero attached hydrogens (tertiary/aromatic N) is 1. The van der Waals surface area contributed by atoms with E-state index in [9.17, 15) is 4.79 Å². The number of carbonyl (C=O) groups is 1. The van der Waals surface area contributed by atoms with Crippen molar-refractivity contribution in [2.24, 2.45) is 0 Å². The second kappa shape index (κ2) is 10.8. The number of fused-ring (bicyclic) bond motifs is 1. The van der Waals surface area contributed by atoms with Gasteiger partial charge in [0.15, 0.2) is 16.6 Å². The van der Waals surface area contributed by atoms with E-state index in [0.29, 0.717) is 49.8 Å². The number of amides is 1. The Kier molecular flexibility index (Phi) is 7.55. The van der Waals surface area contributed by atoms with Crippen molar-refractivity contribution in [1.82, 2.24) is 10.3 Å². The lowest BCUT2D eigenvalue weighted by atomic mass is 10.2. The van der Waals surface area contributed by atoms with Gasteiger partial charge >= 0.3 is 0 Å². The molecule has 35 heavy (non-hydrogen) atoms. The van der Waals surface area contributed by atoms with E-state index in [1.54, 1.807) is 81.1 Å². The highest BCUT2D eigenvalue weighted by molar-refractivity contribution is 7.80. The molecule has 2 N–H and O–H groups in total. The van der Waals surface area contributed by atoms with E-state index >= 15 is 0 Å². The van der Waals surface area contributed by atoms with Crippen LogP contribution in [0.1, 0.15) is 10.4 Å². The highest BCUT2D eigenvalue weighted by Crippen LogP contribution is 2.37. The molecule has 3 aromatic carbocycles. The summed E-state index contributed by atoms with van der Waals surface area (Å²) in [5, 5.41) is 6.98. The van der Waals surface area contributed by atoms with Gasteiger partial charge in [-0.2, -0.15) is 0 Å². The van der Waals surface area contributed by atoms with Crippen LogP contribution in [0.5, 0.6) is 23.0 Å². The fraction of sp³-hybridized carbons (Fsp3) is 0.0800. The summed E-state index contributed by atoms with van der Waals surface area (Å²) in [6.45, 7) is 0. The monoisotopic (exact) mass is 527 g/mol. The Morgan fingerprint density at radius 1 is 0.914 bits per heavy atom. The van der Waals surface area contributed by atoms with Crippen LogP contribution in [0, 0.1) is 0 Å². The van der Waals surface area contributed by atoms with Crippen LogP contribution in [0.2, 0.25) is 10.0 Å². The van der Waals surface area contributed by atoms with Crippen LogP contribution in [0.4, 0.5) is 5.69 Å². The summed E-state index contributed by atoms with van der Waals surface area (Å²) < 4.78 is 16.8. The molecule has 0 unspecified atom stereocenters. The minimum Gasteiger partial charge on any atom is -0.493 e. The molecule has 1 amide bonds. The first-order valence-electron chi connectivity index (χ1n) is 10.2. The van der Waals surface area contributed by atoms with E-state index in [4.69, 9.17) is 49.6 Å². The minimum absolute atomic E-state index is 0.0756. The molecule has 10 heteroatoms. The number of nitrogens with one attached hydrogen (secondary N) is 2. The van der Waals surface area contributed by atoms with Gasteiger partial charge in [0.2, 0.25) is 0 Å². The molecule has 0 saturated heterocycles. The molecule has 1 heterocycles. The standard InChI is InChI=1S/C25H19Cl2N3O4S/c1-32-22-12-16-20(13-23(22)33-2)28-10-9-21(16)34-14-7-8-19(18(27)11-14)29-25(35)30-24(31)15-5-3-4-6-17(15)26/h3-13H,1-2H3,(H2,29,30,31,35). The van der Waals surface area contributed by atoms with Crippen molar-refractivity contribution >= 4 is 63.0 Å². The van der Waals surface area contributed by atoms with Crippen LogP contribution in [-0.4, -0.2) is 30.2 Å². The van der Waals surface area contributed by atoms with Crippen molar-refractivity contribution in [2.45, 2.75) is 0 Å². The van der Waals surface area contributed by atoms with Crippen LogP contribution < -0.4 is 24.8 Å². The molecule has 0 atom stereocenters. The van der Waals surface area contributed by atoms with Gasteiger partial charge in [-0.25, -0.2) is 0 Å². The van der Waals surface area contributed by atoms with E-state index in [0.717, 1.165) is 5.39 Å². The topological polar surface area (TPSA) is 81.7 Å². The number of rotatable bonds is 6. The van der Waals surface area contributed by atoms with E-state index in [-0.39, 0.29) is 5.11 Å². The van der Waals surface area contributed by atoms with Gasteiger partial charge in [0.25, 0.3) is 5.91 Å². The molecule has 4 aromatic rings. The Balaban J connectivity index is 1.50. The van der Waals surface area contributed by atoms with Gasteiger partial charge in [-0.15, -0.1) is 0 Å². The quantitative estimate of drug-likeness (QED) is 0.277. The van der Waals surface area contributed by atoms with E-state index < -0.39 is 5.91 Å². The summed E-state index contributed by atoms with van der Waals surface area (Å²) in [5.41, 5.74) is 1.49. The third-order valence-corrected chi connectivity index (χ3v) is 5.82. The molecule has 0 aliphatic rings. The van der Waals surface area contributed by atoms with Gasteiger partial charge in [0.05, 0.1) is 41.0 Å². The highest BCUT2D eigenvalue weighted by atomic mass is 35.5. The smallest absolute Gasteiger partial charge is 0.258 e. The molecule has 1 aromatic heterocycles. The third-order valence-electron chi connectivity index (χ3n) is 4.97. The number of hydrogen-bond donors (Lipinski definition) is 2. The number of benzene rings is 3. The van der Waals surface area contributed by atoms with Gasteiger partial charge < -0.3 is 19.5 Å². The number of methoxy groups -OCH3 is 2. The predicted octanol–water partition coefficient (Wildman–Crippen LogP) is 6.48. The lowest BCUT2D eigenvalue weighted by molar-refractivity contribution is 0.0978. The number of ether oxygens (including phenoxy) is 3. The third kappa shape index (κ3) is 5.57. The van der Waals surface area contributed by atoms with Crippen LogP contribution in [0.25, 0.3) is 10.9 Å². The van der Waals surface area contributed by atoms with Crippen molar-refractivity contribution in [3.05, 3.63) is 82.5 Å².